The third-order valence-electron chi connectivity index (χ3n) is 3.07. The SMILES string of the molecule is CCC(C)=NC1=CC=CC2=CC=CC(N)C21. The highest BCUT2D eigenvalue weighted by molar-refractivity contribution is 5.82. The van der Waals surface area contributed by atoms with E-state index in [0.717, 1.165) is 17.8 Å². The Morgan fingerprint density at radius 3 is 2.94 bits per heavy atom. The van der Waals surface area contributed by atoms with Crippen LogP contribution in [-0.4, -0.2) is 11.8 Å². The van der Waals surface area contributed by atoms with Crippen molar-refractivity contribution in [1.82, 2.24) is 0 Å². The Labute approximate surface area is 96.9 Å². The first kappa shape index (κ1) is 11.1. The van der Waals surface area contributed by atoms with Gasteiger partial charge in [0.2, 0.25) is 0 Å². The molecule has 0 aromatic carbocycles. The lowest BCUT2D eigenvalue weighted by Gasteiger charge is -2.28. The average molecular weight is 214 g/mol. The minimum absolute atomic E-state index is 0.0459. The molecule has 84 valence electrons. The van der Waals surface area contributed by atoms with Crippen molar-refractivity contribution in [3.05, 3.63) is 47.7 Å². The van der Waals surface area contributed by atoms with E-state index < -0.39 is 0 Å². The van der Waals surface area contributed by atoms with Crippen LogP contribution in [0, 0.1) is 5.92 Å². The highest BCUT2D eigenvalue weighted by Gasteiger charge is 2.26. The topological polar surface area (TPSA) is 38.4 Å². The second-order valence-electron chi connectivity index (χ2n) is 4.26. The van der Waals surface area contributed by atoms with Crippen LogP contribution in [0.15, 0.2) is 52.7 Å². The molecule has 0 aliphatic heterocycles. The zero-order valence-electron chi connectivity index (χ0n) is 9.85. The molecular weight excluding hydrogens is 196 g/mol. The first-order valence-electron chi connectivity index (χ1n) is 5.78. The maximum absolute atomic E-state index is 6.13. The molecular formula is C14H18N2. The van der Waals surface area contributed by atoms with E-state index in [1.165, 1.54) is 5.57 Å². The quantitative estimate of drug-likeness (QED) is 0.705. The number of hydrogen-bond donors (Lipinski definition) is 1. The number of hydrogen-bond acceptors (Lipinski definition) is 2. The van der Waals surface area contributed by atoms with Crippen LogP contribution in [0.3, 0.4) is 0 Å². The molecule has 2 atom stereocenters. The molecule has 2 N–H and O–H groups in total. The molecule has 0 amide bonds. The summed E-state index contributed by atoms with van der Waals surface area (Å²) in [5.74, 6) is 0.233. The Balaban J connectivity index is 2.33. The van der Waals surface area contributed by atoms with Crippen LogP contribution < -0.4 is 5.73 Å². The molecule has 2 nitrogen and oxygen atoms in total. The third-order valence-corrected chi connectivity index (χ3v) is 3.07. The Kier molecular flexibility index (Phi) is 3.20. The lowest BCUT2D eigenvalue weighted by atomic mass is 9.82. The largest absolute Gasteiger partial charge is 0.324 e. The van der Waals surface area contributed by atoms with Gasteiger partial charge in [0.25, 0.3) is 0 Å². The van der Waals surface area contributed by atoms with Crippen LogP contribution in [0.5, 0.6) is 0 Å². The summed E-state index contributed by atoms with van der Waals surface area (Å²) in [6.45, 7) is 4.18. The number of rotatable bonds is 2. The van der Waals surface area contributed by atoms with E-state index in [2.05, 4.69) is 43.1 Å². The van der Waals surface area contributed by atoms with Crippen molar-refractivity contribution in [2.24, 2.45) is 16.6 Å². The molecule has 2 rings (SSSR count). The number of allylic oxidation sites excluding steroid dienone is 5. The van der Waals surface area contributed by atoms with Gasteiger partial charge >= 0.3 is 0 Å². The number of aliphatic imine (C=N–C) groups is 1. The normalized spacial score (nSPS) is 28.6. The number of fused-ring (bicyclic) bond motifs is 1. The summed E-state index contributed by atoms with van der Waals surface area (Å²) in [4.78, 5) is 4.66. The van der Waals surface area contributed by atoms with Crippen LogP contribution in [0.4, 0.5) is 0 Å². The summed E-state index contributed by atoms with van der Waals surface area (Å²) in [5, 5.41) is 0. The molecule has 2 aliphatic carbocycles. The van der Waals surface area contributed by atoms with E-state index in [4.69, 9.17) is 5.73 Å². The van der Waals surface area contributed by atoms with Gasteiger partial charge in [-0.1, -0.05) is 37.3 Å². The van der Waals surface area contributed by atoms with Crippen molar-refractivity contribution >= 4 is 5.71 Å². The molecule has 0 bridgehead atoms. The summed E-state index contributed by atoms with van der Waals surface area (Å²) in [7, 11) is 0. The van der Waals surface area contributed by atoms with Gasteiger partial charge in [-0.25, -0.2) is 0 Å². The molecule has 0 aromatic heterocycles. The van der Waals surface area contributed by atoms with Crippen molar-refractivity contribution in [2.45, 2.75) is 26.3 Å². The molecule has 0 fully saturated rings. The summed E-state index contributed by atoms with van der Waals surface area (Å²) in [5.41, 5.74) is 9.63. The van der Waals surface area contributed by atoms with Gasteiger partial charge in [0.1, 0.15) is 0 Å². The molecule has 0 radical (unpaired) electrons. The van der Waals surface area contributed by atoms with Crippen molar-refractivity contribution < 1.29 is 0 Å². The molecule has 0 spiro atoms. The smallest absolute Gasteiger partial charge is 0.0496 e. The van der Waals surface area contributed by atoms with Gasteiger partial charge in [0.05, 0.1) is 0 Å². The molecule has 0 saturated heterocycles. The summed E-state index contributed by atoms with van der Waals surface area (Å²) in [6.07, 6.45) is 13.4. The molecule has 16 heavy (non-hydrogen) atoms. The van der Waals surface area contributed by atoms with E-state index in [1.54, 1.807) is 0 Å². The number of nitrogens with zero attached hydrogens (tertiary/aromatic N) is 1. The van der Waals surface area contributed by atoms with Crippen molar-refractivity contribution in [3.63, 3.8) is 0 Å². The summed E-state index contributed by atoms with van der Waals surface area (Å²) in [6, 6.07) is 0.0459. The first-order chi connectivity index (χ1) is 7.72. The molecule has 0 heterocycles. The Hall–Kier alpha value is -1.41. The van der Waals surface area contributed by atoms with Gasteiger partial charge in [-0.05, 0) is 25.0 Å². The van der Waals surface area contributed by atoms with E-state index in [9.17, 15) is 0 Å². The fraction of sp³-hybridized carbons (Fsp3) is 0.357. The molecule has 0 saturated carbocycles. The first-order valence-corrected chi connectivity index (χ1v) is 5.78. The van der Waals surface area contributed by atoms with Crippen molar-refractivity contribution in [2.75, 3.05) is 0 Å². The van der Waals surface area contributed by atoms with Crippen LogP contribution >= 0.6 is 0 Å². The van der Waals surface area contributed by atoms with Crippen LogP contribution in [0.2, 0.25) is 0 Å². The van der Waals surface area contributed by atoms with E-state index >= 15 is 0 Å². The van der Waals surface area contributed by atoms with Gasteiger partial charge in [0.15, 0.2) is 0 Å². The Bertz CT molecular complexity index is 422. The maximum Gasteiger partial charge on any atom is 0.0496 e. The summed E-state index contributed by atoms with van der Waals surface area (Å²) < 4.78 is 0. The molecule has 0 aromatic rings. The zero-order chi connectivity index (χ0) is 11.5. The maximum atomic E-state index is 6.13. The lowest BCUT2D eigenvalue weighted by Crippen LogP contribution is -2.32. The second-order valence-corrected chi connectivity index (χ2v) is 4.26. The standard InChI is InChI=1S/C14H18N2/c1-3-10(2)16-13-9-5-7-11-6-4-8-12(15)14(11)13/h4-9,12,14H,3,15H2,1-2H3. The van der Waals surface area contributed by atoms with Gasteiger partial charge in [-0.3, -0.25) is 4.99 Å². The zero-order valence-corrected chi connectivity index (χ0v) is 9.85. The lowest BCUT2D eigenvalue weighted by molar-refractivity contribution is 0.618. The molecule has 2 unspecified atom stereocenters. The highest BCUT2D eigenvalue weighted by atomic mass is 14.8. The van der Waals surface area contributed by atoms with E-state index in [-0.39, 0.29) is 12.0 Å². The second kappa shape index (κ2) is 4.62. The van der Waals surface area contributed by atoms with Gasteiger partial charge in [-0.2, -0.15) is 0 Å². The van der Waals surface area contributed by atoms with Crippen LogP contribution in [0.1, 0.15) is 20.3 Å². The highest BCUT2D eigenvalue weighted by Crippen LogP contribution is 2.32. The molecule has 2 aliphatic rings. The van der Waals surface area contributed by atoms with Gasteiger partial charge in [-0.15, -0.1) is 0 Å². The van der Waals surface area contributed by atoms with Gasteiger partial charge in [0, 0.05) is 23.4 Å². The fourth-order valence-corrected chi connectivity index (χ4v) is 2.03. The predicted octanol–water partition coefficient (Wildman–Crippen LogP) is 2.75. The third kappa shape index (κ3) is 2.07. The minimum Gasteiger partial charge on any atom is -0.324 e. The fourth-order valence-electron chi connectivity index (χ4n) is 2.03. The van der Waals surface area contributed by atoms with Crippen LogP contribution in [-0.2, 0) is 0 Å². The van der Waals surface area contributed by atoms with E-state index in [0.29, 0.717) is 0 Å². The van der Waals surface area contributed by atoms with Crippen molar-refractivity contribution in [3.8, 4) is 0 Å². The summed E-state index contributed by atoms with van der Waals surface area (Å²) >= 11 is 0. The molecule has 2 heteroatoms. The number of nitrogens with two attached hydrogens (primary N) is 1. The monoisotopic (exact) mass is 214 g/mol. The van der Waals surface area contributed by atoms with Gasteiger partial charge < -0.3 is 5.73 Å². The van der Waals surface area contributed by atoms with Crippen molar-refractivity contribution in [1.29, 1.82) is 0 Å². The predicted molar refractivity (Wildman–Crippen MR) is 69.3 cm³/mol. The Morgan fingerprint density at radius 1 is 1.38 bits per heavy atom. The average Bonchev–Trinajstić information content (AvgIpc) is 2.29. The van der Waals surface area contributed by atoms with E-state index in [1.807, 2.05) is 12.2 Å². The van der Waals surface area contributed by atoms with Crippen LogP contribution in [0.25, 0.3) is 0 Å². The Morgan fingerprint density at radius 2 is 2.19 bits per heavy atom. The minimum atomic E-state index is 0.0459.